The van der Waals surface area contributed by atoms with Crippen molar-refractivity contribution < 1.29 is 0 Å². The molecule has 0 fully saturated rings. The van der Waals surface area contributed by atoms with Crippen molar-refractivity contribution in [2.75, 3.05) is 0 Å². The summed E-state index contributed by atoms with van der Waals surface area (Å²) in [5.41, 5.74) is 3.72. The lowest BCUT2D eigenvalue weighted by Gasteiger charge is -2.15. The van der Waals surface area contributed by atoms with E-state index in [1.54, 1.807) is 4.68 Å². The maximum atomic E-state index is 12.5. The van der Waals surface area contributed by atoms with Gasteiger partial charge in [0.25, 0.3) is 5.56 Å². The van der Waals surface area contributed by atoms with Gasteiger partial charge in [-0.25, -0.2) is 4.68 Å². The van der Waals surface area contributed by atoms with Crippen LogP contribution in [0.3, 0.4) is 0 Å². The Kier molecular flexibility index (Phi) is 2.93. The van der Waals surface area contributed by atoms with Gasteiger partial charge in [0.2, 0.25) is 0 Å². The van der Waals surface area contributed by atoms with Crippen LogP contribution >= 0.6 is 0 Å². The topological polar surface area (TPSA) is 37.8 Å². The van der Waals surface area contributed by atoms with Crippen molar-refractivity contribution >= 4 is 0 Å². The highest BCUT2D eigenvalue weighted by Crippen LogP contribution is 2.22. The van der Waals surface area contributed by atoms with Crippen molar-refractivity contribution in [1.29, 1.82) is 0 Å². The smallest absolute Gasteiger partial charge is 0.275 e. The predicted octanol–water partition coefficient (Wildman–Crippen LogP) is 3.08. The van der Waals surface area contributed by atoms with Crippen LogP contribution in [0.2, 0.25) is 0 Å². The van der Waals surface area contributed by atoms with Crippen LogP contribution in [0.15, 0.2) is 29.1 Å². The van der Waals surface area contributed by atoms with Gasteiger partial charge in [-0.3, -0.25) is 9.89 Å². The molecule has 0 aliphatic carbocycles. The Balaban J connectivity index is 2.66. The molecule has 0 aliphatic heterocycles. The number of aryl methyl sites for hydroxylation is 2. The average molecular weight is 244 g/mol. The highest BCUT2D eigenvalue weighted by atomic mass is 16.1. The number of H-pyrrole nitrogens is 1. The molecular weight excluding hydrogens is 224 g/mol. The fraction of sp³-hybridized carbons (Fsp3) is 0.400. The van der Waals surface area contributed by atoms with E-state index >= 15 is 0 Å². The number of aromatic amines is 1. The summed E-state index contributed by atoms with van der Waals surface area (Å²) in [6.07, 6.45) is 0. The normalized spacial score (nSPS) is 11.8. The molecule has 0 saturated carbocycles. The molecule has 2 rings (SSSR count). The average Bonchev–Trinajstić information content (AvgIpc) is 2.53. The summed E-state index contributed by atoms with van der Waals surface area (Å²) in [4.78, 5) is 12.5. The number of aromatic nitrogens is 2. The summed E-state index contributed by atoms with van der Waals surface area (Å²) < 4.78 is 1.63. The fourth-order valence-corrected chi connectivity index (χ4v) is 2.38. The molecule has 0 unspecified atom stereocenters. The molecule has 1 N–H and O–H groups in total. The lowest BCUT2D eigenvalue weighted by atomic mass is 9.87. The summed E-state index contributed by atoms with van der Waals surface area (Å²) in [5.74, 6) is 0. The Hall–Kier alpha value is -1.77. The molecule has 0 atom stereocenters. The summed E-state index contributed by atoms with van der Waals surface area (Å²) in [6.45, 7) is 10.2. The van der Waals surface area contributed by atoms with Crippen molar-refractivity contribution in [3.8, 4) is 5.69 Å². The zero-order chi connectivity index (χ0) is 13.5. The third-order valence-electron chi connectivity index (χ3n) is 3.08. The van der Waals surface area contributed by atoms with Gasteiger partial charge in [-0.15, -0.1) is 0 Å². The summed E-state index contributed by atoms with van der Waals surface area (Å²) in [5, 5.41) is 3.17. The molecule has 0 radical (unpaired) electrons. The first-order chi connectivity index (χ1) is 8.30. The zero-order valence-corrected chi connectivity index (χ0v) is 11.7. The minimum atomic E-state index is -0.146. The van der Waals surface area contributed by atoms with Gasteiger partial charge >= 0.3 is 0 Å². The molecule has 3 heteroatoms. The molecular formula is C15H20N2O. The van der Waals surface area contributed by atoms with E-state index in [4.69, 9.17) is 0 Å². The van der Waals surface area contributed by atoms with Crippen LogP contribution in [-0.4, -0.2) is 9.78 Å². The van der Waals surface area contributed by atoms with Crippen LogP contribution in [0, 0.1) is 13.8 Å². The minimum absolute atomic E-state index is 0.0469. The van der Waals surface area contributed by atoms with Gasteiger partial charge in [-0.2, -0.15) is 0 Å². The maximum Gasteiger partial charge on any atom is 0.275 e. The van der Waals surface area contributed by atoms with Gasteiger partial charge in [0.1, 0.15) is 0 Å². The minimum Gasteiger partial charge on any atom is -0.295 e. The largest absolute Gasteiger partial charge is 0.295 e. The van der Waals surface area contributed by atoms with Crippen LogP contribution in [0.5, 0.6) is 0 Å². The molecule has 96 valence electrons. The van der Waals surface area contributed by atoms with Gasteiger partial charge in [-0.05, 0) is 37.0 Å². The second-order valence-electron chi connectivity index (χ2n) is 5.84. The molecule has 3 nitrogen and oxygen atoms in total. The quantitative estimate of drug-likeness (QED) is 0.822. The van der Waals surface area contributed by atoms with Crippen LogP contribution in [0.1, 0.15) is 37.6 Å². The van der Waals surface area contributed by atoms with Crippen molar-refractivity contribution in [3.05, 3.63) is 51.4 Å². The molecule has 1 heterocycles. The van der Waals surface area contributed by atoms with Crippen LogP contribution in [0.25, 0.3) is 5.69 Å². The van der Waals surface area contributed by atoms with E-state index in [0.29, 0.717) is 0 Å². The fourth-order valence-electron chi connectivity index (χ4n) is 2.38. The number of rotatable bonds is 1. The first-order valence-corrected chi connectivity index (χ1v) is 6.20. The van der Waals surface area contributed by atoms with Crippen molar-refractivity contribution in [2.24, 2.45) is 0 Å². The van der Waals surface area contributed by atoms with Crippen molar-refractivity contribution in [2.45, 2.75) is 40.0 Å². The van der Waals surface area contributed by atoms with Crippen molar-refractivity contribution in [3.63, 3.8) is 0 Å². The number of nitrogens with zero attached hydrogens (tertiary/aromatic N) is 1. The second kappa shape index (κ2) is 4.16. The van der Waals surface area contributed by atoms with Crippen LogP contribution in [-0.2, 0) is 5.41 Å². The molecule has 0 bridgehead atoms. The van der Waals surface area contributed by atoms with Crippen LogP contribution < -0.4 is 5.56 Å². The molecule has 18 heavy (non-hydrogen) atoms. The highest BCUT2D eigenvalue weighted by Gasteiger charge is 2.24. The Bertz CT molecular complexity index is 627. The molecule has 2 aromatic rings. The van der Waals surface area contributed by atoms with E-state index in [-0.39, 0.29) is 11.0 Å². The van der Waals surface area contributed by atoms with Gasteiger partial charge < -0.3 is 0 Å². The summed E-state index contributed by atoms with van der Waals surface area (Å²) in [7, 11) is 0. The Morgan fingerprint density at radius 3 is 2.33 bits per heavy atom. The van der Waals surface area contributed by atoms with Gasteiger partial charge in [0.05, 0.1) is 5.69 Å². The number of hydrogen-bond donors (Lipinski definition) is 1. The molecule has 1 aromatic heterocycles. The standard InChI is InChI=1S/C15H20N2O/c1-10-7-6-8-12(9-10)17-14(18)13(11(2)16-17)15(3,4)5/h6-9,16H,1-5H3. The maximum absolute atomic E-state index is 12.5. The molecule has 0 spiro atoms. The Morgan fingerprint density at radius 2 is 1.83 bits per heavy atom. The second-order valence-corrected chi connectivity index (χ2v) is 5.84. The van der Waals surface area contributed by atoms with Crippen LogP contribution in [0.4, 0.5) is 0 Å². The van der Waals surface area contributed by atoms with E-state index in [0.717, 1.165) is 22.5 Å². The zero-order valence-electron chi connectivity index (χ0n) is 11.7. The number of benzene rings is 1. The monoisotopic (exact) mass is 244 g/mol. The first kappa shape index (κ1) is 12.7. The number of nitrogens with one attached hydrogen (secondary N) is 1. The first-order valence-electron chi connectivity index (χ1n) is 6.20. The number of hydrogen-bond acceptors (Lipinski definition) is 1. The Morgan fingerprint density at radius 1 is 1.17 bits per heavy atom. The van der Waals surface area contributed by atoms with E-state index < -0.39 is 0 Å². The summed E-state index contributed by atoms with van der Waals surface area (Å²) in [6, 6.07) is 7.93. The highest BCUT2D eigenvalue weighted by molar-refractivity contribution is 5.37. The molecule has 1 aromatic carbocycles. The third kappa shape index (κ3) is 2.13. The molecule has 0 saturated heterocycles. The lowest BCUT2D eigenvalue weighted by molar-refractivity contribution is 0.581. The lowest BCUT2D eigenvalue weighted by Crippen LogP contribution is -2.25. The molecule has 0 aliphatic rings. The van der Waals surface area contributed by atoms with Gasteiger partial charge in [0, 0.05) is 11.3 Å². The third-order valence-corrected chi connectivity index (χ3v) is 3.08. The van der Waals surface area contributed by atoms with Gasteiger partial charge in [0.15, 0.2) is 0 Å². The van der Waals surface area contributed by atoms with Crippen molar-refractivity contribution in [1.82, 2.24) is 9.78 Å². The predicted molar refractivity (Wildman–Crippen MR) is 74.6 cm³/mol. The van der Waals surface area contributed by atoms with E-state index in [1.807, 2.05) is 38.1 Å². The van der Waals surface area contributed by atoms with Gasteiger partial charge in [-0.1, -0.05) is 32.9 Å². The van der Waals surface area contributed by atoms with E-state index in [1.165, 1.54) is 0 Å². The van der Waals surface area contributed by atoms with E-state index in [2.05, 4.69) is 25.9 Å². The SMILES string of the molecule is Cc1cccc(-n2[nH]c(C)c(C(C)(C)C)c2=O)c1. The summed E-state index contributed by atoms with van der Waals surface area (Å²) >= 11 is 0. The molecule has 0 amide bonds. The Labute approximate surface area is 107 Å². The van der Waals surface area contributed by atoms with E-state index in [9.17, 15) is 4.79 Å².